The highest BCUT2D eigenvalue weighted by Crippen LogP contribution is 2.46. The third-order valence-corrected chi connectivity index (χ3v) is 4.32. The van der Waals surface area contributed by atoms with Gasteiger partial charge in [0.05, 0.1) is 6.61 Å². The lowest BCUT2D eigenvalue weighted by Crippen LogP contribution is -2.36. The zero-order valence-corrected chi connectivity index (χ0v) is 12.9. The first kappa shape index (κ1) is 16.5. The summed E-state index contributed by atoms with van der Waals surface area (Å²) >= 11 is 0.952. The van der Waals surface area contributed by atoms with Gasteiger partial charge in [-0.2, -0.15) is 8.78 Å². The molecule has 2 aromatic rings. The quantitative estimate of drug-likeness (QED) is 0.569. The molecule has 1 atom stereocenters. The Labute approximate surface area is 132 Å². The van der Waals surface area contributed by atoms with E-state index in [1.54, 1.807) is 54.6 Å². The molecule has 1 unspecified atom stereocenters. The molecule has 0 aromatic heterocycles. The summed E-state index contributed by atoms with van der Waals surface area (Å²) in [5, 5.41) is -1.34. The van der Waals surface area contributed by atoms with Crippen LogP contribution >= 0.6 is 11.8 Å². The van der Waals surface area contributed by atoms with Crippen LogP contribution in [-0.2, 0) is 9.53 Å². The molecule has 0 spiro atoms. The molecule has 0 amide bonds. The number of ether oxygens (including phenoxy) is 1. The van der Waals surface area contributed by atoms with Crippen LogP contribution in [0.25, 0.3) is 0 Å². The standard InChI is InChI=1S/C17H16F2O2S/c1-2-21-16(20)17(18,19)15(13-9-5-3-6-10-13)22-14-11-7-4-8-12-14/h3-12,15H,2H2,1H3. The fourth-order valence-corrected chi connectivity index (χ4v) is 3.07. The summed E-state index contributed by atoms with van der Waals surface area (Å²) in [6.07, 6.45) is 0. The second kappa shape index (κ2) is 7.40. The Kier molecular flexibility index (Phi) is 5.55. The molecule has 0 radical (unpaired) electrons. The zero-order chi connectivity index (χ0) is 16.0. The molecule has 0 N–H and O–H groups in total. The van der Waals surface area contributed by atoms with E-state index in [4.69, 9.17) is 0 Å². The fraction of sp³-hybridized carbons (Fsp3) is 0.235. The van der Waals surface area contributed by atoms with Crippen LogP contribution in [-0.4, -0.2) is 18.5 Å². The van der Waals surface area contributed by atoms with E-state index in [1.807, 2.05) is 6.07 Å². The average molecular weight is 322 g/mol. The second-order valence-corrected chi connectivity index (χ2v) is 5.74. The number of benzene rings is 2. The lowest BCUT2D eigenvalue weighted by molar-refractivity contribution is -0.171. The van der Waals surface area contributed by atoms with Gasteiger partial charge in [-0.25, -0.2) is 4.79 Å². The van der Waals surface area contributed by atoms with Crippen molar-refractivity contribution in [2.24, 2.45) is 0 Å². The number of thioether (sulfide) groups is 1. The zero-order valence-electron chi connectivity index (χ0n) is 12.0. The van der Waals surface area contributed by atoms with E-state index in [1.165, 1.54) is 6.92 Å². The van der Waals surface area contributed by atoms with Crippen LogP contribution in [0.1, 0.15) is 17.7 Å². The highest BCUT2D eigenvalue weighted by atomic mass is 32.2. The lowest BCUT2D eigenvalue weighted by atomic mass is 10.1. The molecule has 2 aromatic carbocycles. The first-order chi connectivity index (χ1) is 10.6. The molecule has 0 aliphatic rings. The van der Waals surface area contributed by atoms with E-state index >= 15 is 0 Å². The summed E-state index contributed by atoms with van der Waals surface area (Å²) in [7, 11) is 0. The number of hydrogen-bond acceptors (Lipinski definition) is 3. The van der Waals surface area contributed by atoms with Crippen molar-refractivity contribution in [2.45, 2.75) is 23.0 Å². The van der Waals surface area contributed by atoms with E-state index < -0.39 is 17.1 Å². The van der Waals surface area contributed by atoms with Crippen molar-refractivity contribution in [2.75, 3.05) is 6.61 Å². The molecule has 2 nitrogen and oxygen atoms in total. The van der Waals surface area contributed by atoms with E-state index in [9.17, 15) is 13.6 Å². The molecule has 22 heavy (non-hydrogen) atoms. The SMILES string of the molecule is CCOC(=O)C(F)(F)C(Sc1ccccc1)c1ccccc1. The lowest BCUT2D eigenvalue weighted by Gasteiger charge is -2.25. The first-order valence-corrected chi connectivity index (χ1v) is 7.75. The predicted molar refractivity (Wildman–Crippen MR) is 83.1 cm³/mol. The Bertz CT molecular complexity index is 603. The number of halogens is 2. The van der Waals surface area contributed by atoms with Crippen molar-refractivity contribution >= 4 is 17.7 Å². The summed E-state index contributed by atoms with van der Waals surface area (Å²) in [5.74, 6) is -5.11. The highest BCUT2D eigenvalue weighted by molar-refractivity contribution is 7.99. The molecule has 2 rings (SSSR count). The number of carbonyl (C=O) groups excluding carboxylic acids is 1. The maximum atomic E-state index is 14.5. The third-order valence-electron chi connectivity index (χ3n) is 2.98. The molecule has 0 saturated carbocycles. The van der Waals surface area contributed by atoms with Crippen molar-refractivity contribution in [3.05, 3.63) is 66.2 Å². The molecular weight excluding hydrogens is 306 g/mol. The summed E-state index contributed by atoms with van der Waals surface area (Å²) < 4.78 is 33.6. The van der Waals surface area contributed by atoms with Gasteiger partial charge in [0.1, 0.15) is 5.25 Å². The Hall–Kier alpha value is -1.88. The van der Waals surface area contributed by atoms with Crippen molar-refractivity contribution < 1.29 is 18.3 Å². The molecular formula is C17H16F2O2S. The van der Waals surface area contributed by atoms with E-state index in [-0.39, 0.29) is 6.61 Å². The predicted octanol–water partition coefficient (Wildman–Crippen LogP) is 4.72. The van der Waals surface area contributed by atoms with Crippen LogP contribution in [0.3, 0.4) is 0 Å². The molecule has 5 heteroatoms. The summed E-state index contributed by atoms with van der Waals surface area (Å²) in [5.41, 5.74) is 0.384. The number of rotatable bonds is 6. The normalized spacial score (nSPS) is 12.7. The molecule has 0 heterocycles. The van der Waals surface area contributed by atoms with Gasteiger partial charge in [-0.15, -0.1) is 11.8 Å². The molecule has 0 aliphatic carbocycles. The molecule has 0 saturated heterocycles. The van der Waals surface area contributed by atoms with Crippen LogP contribution in [0.5, 0.6) is 0 Å². The van der Waals surface area contributed by atoms with Gasteiger partial charge >= 0.3 is 11.9 Å². The molecule has 116 valence electrons. The van der Waals surface area contributed by atoms with Gasteiger partial charge in [-0.05, 0) is 24.6 Å². The Balaban J connectivity index is 2.35. The van der Waals surface area contributed by atoms with Crippen LogP contribution < -0.4 is 0 Å². The smallest absolute Gasteiger partial charge is 0.378 e. The van der Waals surface area contributed by atoms with Crippen LogP contribution in [0.2, 0.25) is 0 Å². The van der Waals surface area contributed by atoms with Gasteiger partial charge in [0.25, 0.3) is 0 Å². The Morgan fingerprint density at radius 2 is 1.64 bits per heavy atom. The maximum Gasteiger partial charge on any atom is 0.378 e. The van der Waals surface area contributed by atoms with Crippen molar-refractivity contribution in [1.82, 2.24) is 0 Å². The van der Waals surface area contributed by atoms with Crippen molar-refractivity contribution in [1.29, 1.82) is 0 Å². The maximum absolute atomic E-state index is 14.5. The highest BCUT2D eigenvalue weighted by Gasteiger charge is 2.50. The van der Waals surface area contributed by atoms with Crippen LogP contribution in [0.15, 0.2) is 65.6 Å². The van der Waals surface area contributed by atoms with Gasteiger partial charge < -0.3 is 4.74 Å². The summed E-state index contributed by atoms with van der Waals surface area (Å²) in [4.78, 5) is 12.4. The average Bonchev–Trinajstić information content (AvgIpc) is 2.54. The molecule has 0 bridgehead atoms. The van der Waals surface area contributed by atoms with E-state index in [2.05, 4.69) is 4.74 Å². The fourth-order valence-electron chi connectivity index (χ4n) is 1.95. The second-order valence-electron chi connectivity index (χ2n) is 4.57. The number of alkyl halides is 2. The van der Waals surface area contributed by atoms with Crippen molar-refractivity contribution in [3.63, 3.8) is 0 Å². The van der Waals surface area contributed by atoms with E-state index in [0.717, 1.165) is 11.8 Å². The van der Waals surface area contributed by atoms with E-state index in [0.29, 0.717) is 10.5 Å². The minimum Gasteiger partial charge on any atom is -0.462 e. The summed E-state index contributed by atoms with van der Waals surface area (Å²) in [6, 6.07) is 17.1. The largest absolute Gasteiger partial charge is 0.462 e. The van der Waals surface area contributed by atoms with Gasteiger partial charge in [-0.1, -0.05) is 48.5 Å². The van der Waals surface area contributed by atoms with Crippen molar-refractivity contribution in [3.8, 4) is 0 Å². The topological polar surface area (TPSA) is 26.3 Å². The Morgan fingerprint density at radius 3 is 2.18 bits per heavy atom. The van der Waals surface area contributed by atoms with Gasteiger partial charge in [0.2, 0.25) is 0 Å². The Morgan fingerprint density at radius 1 is 1.09 bits per heavy atom. The molecule has 0 aliphatic heterocycles. The minimum absolute atomic E-state index is 0.0774. The molecule has 0 fully saturated rings. The van der Waals surface area contributed by atoms with Gasteiger partial charge in [-0.3, -0.25) is 0 Å². The minimum atomic E-state index is -3.61. The van der Waals surface area contributed by atoms with Crippen LogP contribution in [0, 0.1) is 0 Å². The number of hydrogen-bond donors (Lipinski definition) is 0. The third kappa shape index (κ3) is 3.85. The first-order valence-electron chi connectivity index (χ1n) is 6.87. The van der Waals surface area contributed by atoms with Gasteiger partial charge in [0.15, 0.2) is 0 Å². The van der Waals surface area contributed by atoms with Crippen LogP contribution in [0.4, 0.5) is 8.78 Å². The summed E-state index contributed by atoms with van der Waals surface area (Å²) in [6.45, 7) is 1.43. The van der Waals surface area contributed by atoms with Gasteiger partial charge in [0, 0.05) is 4.90 Å². The number of esters is 1. The number of carbonyl (C=O) groups is 1. The monoisotopic (exact) mass is 322 g/mol.